The van der Waals surface area contributed by atoms with Crippen LogP contribution in [0.4, 0.5) is 0 Å². The van der Waals surface area contributed by atoms with Crippen molar-refractivity contribution in [3.05, 3.63) is 34.3 Å². The average Bonchev–Trinajstić information content (AvgIpc) is 2.93. The minimum absolute atomic E-state index is 0.0443. The molecule has 0 aromatic heterocycles. The van der Waals surface area contributed by atoms with Gasteiger partial charge in [0.05, 0.1) is 6.04 Å². The topological polar surface area (TPSA) is 67.1 Å². The molecule has 104 valence electrons. The Hall–Kier alpha value is -1.10. The van der Waals surface area contributed by atoms with Gasteiger partial charge in [0.15, 0.2) is 0 Å². The van der Waals surface area contributed by atoms with Crippen LogP contribution in [0.1, 0.15) is 24.0 Å². The van der Waals surface area contributed by atoms with Crippen molar-refractivity contribution in [1.29, 1.82) is 0 Å². The summed E-state index contributed by atoms with van der Waals surface area (Å²) in [6.45, 7) is 2.02. The van der Waals surface area contributed by atoms with Crippen molar-refractivity contribution in [2.75, 3.05) is 13.1 Å². The highest BCUT2D eigenvalue weighted by Gasteiger charge is 2.21. The van der Waals surface area contributed by atoms with Crippen molar-refractivity contribution in [3.8, 4) is 0 Å². The van der Waals surface area contributed by atoms with Gasteiger partial charge in [-0.15, -0.1) is 0 Å². The number of nitrogens with one attached hydrogen (secondary N) is 2. The molecular formula is C14H20ClN3O. The molecule has 4 nitrogen and oxygen atoms in total. The van der Waals surface area contributed by atoms with Crippen molar-refractivity contribution in [2.24, 2.45) is 5.73 Å². The number of carbonyl (C=O) groups is 1. The van der Waals surface area contributed by atoms with E-state index in [0.29, 0.717) is 18.1 Å². The third kappa shape index (κ3) is 3.93. The summed E-state index contributed by atoms with van der Waals surface area (Å²) in [5.74, 6) is 0.0659. The van der Waals surface area contributed by atoms with Gasteiger partial charge in [-0.3, -0.25) is 4.79 Å². The summed E-state index contributed by atoms with van der Waals surface area (Å²) < 4.78 is 0. The number of hydrogen-bond acceptors (Lipinski definition) is 3. The Bertz CT molecular complexity index is 444. The standard InChI is InChI=1S/C14H20ClN3O/c15-12-4-3-10(5-6-16)11(8-12)9-18-14(19)13-2-1-7-17-13/h3-4,8,13,17H,1-2,5-7,9,16H2,(H,18,19). The maximum absolute atomic E-state index is 11.9. The molecule has 1 saturated heterocycles. The zero-order valence-electron chi connectivity index (χ0n) is 10.9. The van der Waals surface area contributed by atoms with Gasteiger partial charge in [-0.2, -0.15) is 0 Å². The summed E-state index contributed by atoms with van der Waals surface area (Å²) in [5.41, 5.74) is 7.78. The van der Waals surface area contributed by atoms with Gasteiger partial charge in [-0.25, -0.2) is 0 Å². The summed E-state index contributed by atoms with van der Waals surface area (Å²) in [6, 6.07) is 5.69. The summed E-state index contributed by atoms with van der Waals surface area (Å²) in [5, 5.41) is 6.84. The van der Waals surface area contributed by atoms with Gasteiger partial charge in [0.25, 0.3) is 0 Å². The van der Waals surface area contributed by atoms with Gasteiger partial charge in [0.1, 0.15) is 0 Å². The zero-order chi connectivity index (χ0) is 13.7. The second-order valence-electron chi connectivity index (χ2n) is 4.82. The van der Waals surface area contributed by atoms with Crippen molar-refractivity contribution in [3.63, 3.8) is 0 Å². The number of carbonyl (C=O) groups excluding carboxylic acids is 1. The van der Waals surface area contributed by atoms with Crippen LogP contribution in [-0.4, -0.2) is 25.0 Å². The lowest BCUT2D eigenvalue weighted by molar-refractivity contribution is -0.122. The second-order valence-corrected chi connectivity index (χ2v) is 5.25. The SMILES string of the molecule is NCCc1ccc(Cl)cc1CNC(=O)C1CCCN1. The van der Waals surface area contributed by atoms with Crippen LogP contribution < -0.4 is 16.4 Å². The summed E-state index contributed by atoms with van der Waals surface area (Å²) in [7, 11) is 0. The Balaban J connectivity index is 1.97. The molecule has 1 aromatic carbocycles. The van der Waals surface area contributed by atoms with E-state index < -0.39 is 0 Å². The van der Waals surface area contributed by atoms with E-state index in [1.54, 1.807) is 0 Å². The molecule has 5 heteroatoms. The fourth-order valence-electron chi connectivity index (χ4n) is 2.37. The van der Waals surface area contributed by atoms with Gasteiger partial charge in [0.2, 0.25) is 5.91 Å². The van der Waals surface area contributed by atoms with Gasteiger partial charge in [-0.05, 0) is 55.6 Å². The van der Waals surface area contributed by atoms with Crippen molar-refractivity contribution >= 4 is 17.5 Å². The molecule has 0 bridgehead atoms. The van der Waals surface area contributed by atoms with E-state index in [2.05, 4.69) is 10.6 Å². The number of hydrogen-bond donors (Lipinski definition) is 3. The molecule has 1 aliphatic rings. The Kier molecular flexibility index (Phi) is 5.19. The molecule has 1 amide bonds. The van der Waals surface area contributed by atoms with E-state index in [-0.39, 0.29) is 11.9 Å². The molecule has 19 heavy (non-hydrogen) atoms. The van der Waals surface area contributed by atoms with Gasteiger partial charge in [-0.1, -0.05) is 17.7 Å². The fourth-order valence-corrected chi connectivity index (χ4v) is 2.57. The molecule has 4 N–H and O–H groups in total. The largest absolute Gasteiger partial charge is 0.351 e. The van der Waals surface area contributed by atoms with Crippen LogP contribution in [-0.2, 0) is 17.8 Å². The van der Waals surface area contributed by atoms with Crippen molar-refractivity contribution < 1.29 is 4.79 Å². The second kappa shape index (κ2) is 6.89. The van der Waals surface area contributed by atoms with E-state index >= 15 is 0 Å². The zero-order valence-corrected chi connectivity index (χ0v) is 11.7. The molecule has 0 saturated carbocycles. The van der Waals surface area contributed by atoms with E-state index in [1.165, 1.54) is 0 Å². The van der Waals surface area contributed by atoms with E-state index in [4.69, 9.17) is 17.3 Å². The molecular weight excluding hydrogens is 262 g/mol. The molecule has 0 aliphatic carbocycles. The predicted octanol–water partition coefficient (Wildman–Crippen LogP) is 1.21. The van der Waals surface area contributed by atoms with Crippen molar-refractivity contribution in [2.45, 2.75) is 31.8 Å². The summed E-state index contributed by atoms with van der Waals surface area (Å²) in [6.07, 6.45) is 2.77. The average molecular weight is 282 g/mol. The predicted molar refractivity (Wildman–Crippen MR) is 77.1 cm³/mol. The highest BCUT2D eigenvalue weighted by Crippen LogP contribution is 2.16. The van der Waals surface area contributed by atoms with Crippen LogP contribution in [0.2, 0.25) is 5.02 Å². The smallest absolute Gasteiger partial charge is 0.237 e. The molecule has 2 rings (SSSR count). The van der Waals surface area contributed by atoms with Crippen LogP contribution in [0.5, 0.6) is 0 Å². The Morgan fingerprint density at radius 2 is 2.32 bits per heavy atom. The fraction of sp³-hybridized carbons (Fsp3) is 0.500. The van der Waals surface area contributed by atoms with Crippen LogP contribution in [0.15, 0.2) is 18.2 Å². The molecule has 0 spiro atoms. The molecule has 1 aliphatic heterocycles. The number of nitrogens with two attached hydrogens (primary N) is 1. The Morgan fingerprint density at radius 3 is 3.00 bits per heavy atom. The monoisotopic (exact) mass is 281 g/mol. The van der Waals surface area contributed by atoms with E-state index in [9.17, 15) is 4.79 Å². The van der Waals surface area contributed by atoms with Crippen LogP contribution in [0.25, 0.3) is 0 Å². The maximum atomic E-state index is 11.9. The third-order valence-corrected chi connectivity index (χ3v) is 3.65. The number of amides is 1. The molecule has 1 fully saturated rings. The van der Waals surface area contributed by atoms with E-state index in [0.717, 1.165) is 36.9 Å². The van der Waals surface area contributed by atoms with Crippen LogP contribution in [0, 0.1) is 0 Å². The lowest BCUT2D eigenvalue weighted by atomic mass is 10.0. The Labute approximate surface area is 118 Å². The highest BCUT2D eigenvalue weighted by molar-refractivity contribution is 6.30. The number of benzene rings is 1. The molecule has 1 unspecified atom stereocenters. The lowest BCUT2D eigenvalue weighted by Gasteiger charge is -2.13. The quantitative estimate of drug-likeness (QED) is 0.760. The summed E-state index contributed by atoms with van der Waals surface area (Å²) >= 11 is 6.00. The minimum atomic E-state index is -0.0443. The minimum Gasteiger partial charge on any atom is -0.351 e. The van der Waals surface area contributed by atoms with Gasteiger partial charge < -0.3 is 16.4 Å². The first-order valence-corrected chi connectivity index (χ1v) is 7.07. The van der Waals surface area contributed by atoms with Crippen LogP contribution >= 0.6 is 11.6 Å². The lowest BCUT2D eigenvalue weighted by Crippen LogP contribution is -2.40. The molecule has 1 atom stereocenters. The van der Waals surface area contributed by atoms with Gasteiger partial charge >= 0.3 is 0 Å². The maximum Gasteiger partial charge on any atom is 0.237 e. The first-order chi connectivity index (χ1) is 9.20. The first-order valence-electron chi connectivity index (χ1n) is 6.69. The van der Waals surface area contributed by atoms with E-state index in [1.807, 2.05) is 18.2 Å². The molecule has 0 radical (unpaired) electrons. The normalized spacial score (nSPS) is 18.5. The van der Waals surface area contributed by atoms with Crippen molar-refractivity contribution in [1.82, 2.24) is 10.6 Å². The number of halogens is 1. The highest BCUT2D eigenvalue weighted by atomic mass is 35.5. The first kappa shape index (κ1) is 14.3. The number of rotatable bonds is 5. The van der Waals surface area contributed by atoms with Crippen LogP contribution in [0.3, 0.4) is 0 Å². The summed E-state index contributed by atoms with van der Waals surface area (Å²) in [4.78, 5) is 11.9. The third-order valence-electron chi connectivity index (χ3n) is 3.41. The molecule has 1 heterocycles. The Morgan fingerprint density at radius 1 is 1.47 bits per heavy atom. The molecule has 1 aromatic rings. The van der Waals surface area contributed by atoms with Gasteiger partial charge in [0, 0.05) is 11.6 Å².